The molecular weight excluding hydrogens is 478 g/mol. The van der Waals surface area contributed by atoms with Crippen LogP contribution in [0.15, 0.2) is 71.8 Å². The first-order valence-electron chi connectivity index (χ1n) is 12.0. The van der Waals surface area contributed by atoms with Gasteiger partial charge in [0.1, 0.15) is 23.9 Å². The molecule has 2 N–H and O–H groups in total. The van der Waals surface area contributed by atoms with Gasteiger partial charge in [-0.25, -0.2) is 5.43 Å². The highest BCUT2D eigenvalue weighted by atomic mass is 35.5. The Labute approximate surface area is 216 Å². The van der Waals surface area contributed by atoms with Crippen molar-refractivity contribution in [3.63, 3.8) is 0 Å². The molecular formula is C28H30ClN3O4. The summed E-state index contributed by atoms with van der Waals surface area (Å²) in [5.41, 5.74) is 4.79. The number of likely N-dealkylation sites (tertiary alicyclic amines) is 1. The first-order chi connectivity index (χ1) is 17.5. The first kappa shape index (κ1) is 25.5. The average Bonchev–Trinajstić information content (AvgIpc) is 2.91. The quantitative estimate of drug-likeness (QED) is 0.298. The number of hydrogen-bond acceptors (Lipinski definition) is 6. The van der Waals surface area contributed by atoms with Crippen molar-refractivity contribution in [1.29, 1.82) is 0 Å². The van der Waals surface area contributed by atoms with Gasteiger partial charge >= 0.3 is 0 Å². The fourth-order valence-electron chi connectivity index (χ4n) is 4.35. The van der Waals surface area contributed by atoms with Gasteiger partial charge in [-0.1, -0.05) is 48.4 Å². The second-order valence-electron chi connectivity index (χ2n) is 8.58. The molecule has 0 bridgehead atoms. The van der Waals surface area contributed by atoms with Gasteiger partial charge in [0.2, 0.25) is 0 Å². The van der Waals surface area contributed by atoms with Crippen LogP contribution in [0.4, 0.5) is 0 Å². The van der Waals surface area contributed by atoms with E-state index >= 15 is 0 Å². The number of rotatable bonds is 9. The Balaban J connectivity index is 1.32. The summed E-state index contributed by atoms with van der Waals surface area (Å²) in [5, 5.41) is 13.6. The third-order valence-electron chi connectivity index (χ3n) is 6.23. The molecule has 3 aromatic rings. The maximum absolute atomic E-state index is 12.2. The van der Waals surface area contributed by atoms with Crippen molar-refractivity contribution in [2.45, 2.75) is 25.3 Å². The number of hydrogen-bond donors (Lipinski definition) is 2. The largest absolute Gasteiger partial charge is 0.506 e. The van der Waals surface area contributed by atoms with E-state index in [0.29, 0.717) is 29.7 Å². The summed E-state index contributed by atoms with van der Waals surface area (Å²) in [4.78, 5) is 14.8. The summed E-state index contributed by atoms with van der Waals surface area (Å²) in [5.74, 6) is 0.757. The molecule has 7 nitrogen and oxygen atoms in total. The van der Waals surface area contributed by atoms with Crippen LogP contribution >= 0.6 is 11.6 Å². The average molecular weight is 508 g/mol. The van der Waals surface area contributed by atoms with Gasteiger partial charge in [0, 0.05) is 29.8 Å². The SMILES string of the molecule is COc1cc(OCCN2CCCCC2c2ccccc2)ccc1/C=N/NC(=O)c1ccc(O)c(Cl)c1. The number of piperidine rings is 1. The molecule has 36 heavy (non-hydrogen) atoms. The summed E-state index contributed by atoms with van der Waals surface area (Å²) in [6.45, 7) is 2.49. The predicted molar refractivity (Wildman–Crippen MR) is 141 cm³/mol. The number of aromatic hydroxyl groups is 1. The molecule has 188 valence electrons. The van der Waals surface area contributed by atoms with Crippen LogP contribution in [0, 0.1) is 0 Å². The third-order valence-corrected chi connectivity index (χ3v) is 6.53. The van der Waals surface area contributed by atoms with Crippen LogP contribution in [0.5, 0.6) is 17.2 Å². The molecule has 1 atom stereocenters. The Bertz CT molecular complexity index is 1200. The Kier molecular flexibility index (Phi) is 8.81. The number of nitrogens with zero attached hydrogens (tertiary/aromatic N) is 2. The fraction of sp³-hybridized carbons (Fsp3) is 0.286. The van der Waals surface area contributed by atoms with Crippen molar-refractivity contribution in [3.8, 4) is 17.2 Å². The second kappa shape index (κ2) is 12.4. The number of carbonyl (C=O) groups excluding carboxylic acids is 1. The number of hydrazone groups is 1. The predicted octanol–water partition coefficient (Wildman–Crippen LogP) is 5.42. The number of amides is 1. The number of carbonyl (C=O) groups is 1. The normalized spacial score (nSPS) is 16.1. The molecule has 8 heteroatoms. The monoisotopic (exact) mass is 507 g/mol. The Morgan fingerprint density at radius 1 is 1.17 bits per heavy atom. The lowest BCUT2D eigenvalue weighted by molar-refractivity contribution is 0.0955. The molecule has 1 unspecified atom stereocenters. The highest BCUT2D eigenvalue weighted by molar-refractivity contribution is 6.32. The molecule has 1 aliphatic rings. The smallest absolute Gasteiger partial charge is 0.271 e. The summed E-state index contributed by atoms with van der Waals surface area (Å²) in [6, 6.07) is 20.8. The number of nitrogens with one attached hydrogen (secondary N) is 1. The van der Waals surface area contributed by atoms with E-state index in [9.17, 15) is 9.90 Å². The molecule has 1 amide bonds. The number of phenolic OH excluding ortho intramolecular Hbond substituents is 1. The first-order valence-corrected chi connectivity index (χ1v) is 12.3. The van der Waals surface area contributed by atoms with E-state index < -0.39 is 5.91 Å². The number of halogens is 1. The van der Waals surface area contributed by atoms with Crippen LogP contribution in [0.3, 0.4) is 0 Å². The molecule has 0 spiro atoms. The minimum atomic E-state index is -0.446. The molecule has 1 saturated heterocycles. The van der Waals surface area contributed by atoms with Crippen molar-refractivity contribution in [3.05, 3.63) is 88.4 Å². The van der Waals surface area contributed by atoms with Gasteiger partial charge in [0.15, 0.2) is 0 Å². The maximum atomic E-state index is 12.2. The van der Waals surface area contributed by atoms with Crippen LogP contribution in [0.1, 0.15) is 46.8 Å². The number of phenols is 1. The molecule has 4 rings (SSSR count). The fourth-order valence-corrected chi connectivity index (χ4v) is 4.53. The van der Waals surface area contributed by atoms with Crippen molar-refractivity contribution < 1.29 is 19.4 Å². The summed E-state index contributed by atoms with van der Waals surface area (Å²) >= 11 is 5.86. The molecule has 3 aromatic carbocycles. The zero-order valence-electron chi connectivity index (χ0n) is 20.2. The van der Waals surface area contributed by atoms with Gasteiger partial charge in [0.25, 0.3) is 5.91 Å². The van der Waals surface area contributed by atoms with Crippen LogP contribution in [-0.2, 0) is 0 Å². The van der Waals surface area contributed by atoms with Gasteiger partial charge in [-0.2, -0.15) is 5.10 Å². The van der Waals surface area contributed by atoms with Gasteiger partial charge in [-0.3, -0.25) is 9.69 Å². The topological polar surface area (TPSA) is 83.4 Å². The maximum Gasteiger partial charge on any atom is 0.271 e. The van der Waals surface area contributed by atoms with Crippen molar-refractivity contribution in [1.82, 2.24) is 10.3 Å². The van der Waals surface area contributed by atoms with Gasteiger partial charge in [0.05, 0.1) is 18.3 Å². The highest BCUT2D eigenvalue weighted by Gasteiger charge is 2.23. The minimum Gasteiger partial charge on any atom is -0.506 e. The van der Waals surface area contributed by atoms with Gasteiger partial charge in [-0.05, 0) is 55.3 Å². The van der Waals surface area contributed by atoms with E-state index in [1.165, 1.54) is 49.2 Å². The van der Waals surface area contributed by atoms with Crippen LogP contribution in [0.2, 0.25) is 5.02 Å². The van der Waals surface area contributed by atoms with E-state index in [4.69, 9.17) is 21.1 Å². The van der Waals surface area contributed by atoms with Crippen LogP contribution < -0.4 is 14.9 Å². The zero-order chi connectivity index (χ0) is 25.3. The molecule has 1 aliphatic heterocycles. The van der Waals surface area contributed by atoms with E-state index in [2.05, 4.69) is 45.8 Å². The van der Waals surface area contributed by atoms with Crippen LogP contribution in [0.25, 0.3) is 0 Å². The third kappa shape index (κ3) is 6.56. The Morgan fingerprint density at radius 2 is 2.00 bits per heavy atom. The molecule has 1 fully saturated rings. The lowest BCUT2D eigenvalue weighted by Gasteiger charge is -2.36. The summed E-state index contributed by atoms with van der Waals surface area (Å²) in [6.07, 6.45) is 5.13. The molecule has 0 aliphatic carbocycles. The standard InChI is InChI=1S/C28H30ClN3O4/c1-35-27-18-23(36-16-15-32-14-6-5-9-25(32)20-7-3-2-4-8-20)12-10-22(27)19-30-31-28(34)21-11-13-26(33)24(29)17-21/h2-4,7-8,10-13,17-19,25,33H,5-6,9,14-16H2,1H3,(H,31,34)/b30-19+. The zero-order valence-corrected chi connectivity index (χ0v) is 20.9. The second-order valence-corrected chi connectivity index (χ2v) is 8.98. The van der Waals surface area contributed by atoms with Gasteiger partial charge in [-0.15, -0.1) is 0 Å². The number of ether oxygens (including phenoxy) is 2. The number of benzene rings is 3. The summed E-state index contributed by atoms with van der Waals surface area (Å²) in [7, 11) is 1.58. The van der Waals surface area contributed by atoms with E-state index in [0.717, 1.165) is 13.1 Å². The van der Waals surface area contributed by atoms with Gasteiger partial charge < -0.3 is 14.6 Å². The Hall–Kier alpha value is -3.55. The van der Waals surface area contributed by atoms with E-state index in [1.54, 1.807) is 7.11 Å². The van der Waals surface area contributed by atoms with E-state index in [-0.39, 0.29) is 16.3 Å². The lowest BCUT2D eigenvalue weighted by Crippen LogP contribution is -2.36. The molecule has 1 heterocycles. The molecule has 0 radical (unpaired) electrons. The van der Waals surface area contributed by atoms with Crippen LogP contribution in [-0.4, -0.2) is 48.9 Å². The molecule has 0 aromatic heterocycles. The van der Waals surface area contributed by atoms with Crippen molar-refractivity contribution in [2.24, 2.45) is 5.10 Å². The van der Waals surface area contributed by atoms with Crippen molar-refractivity contribution in [2.75, 3.05) is 26.8 Å². The van der Waals surface area contributed by atoms with Crippen molar-refractivity contribution >= 4 is 23.7 Å². The lowest BCUT2D eigenvalue weighted by atomic mass is 9.95. The minimum absolute atomic E-state index is 0.0873. The number of methoxy groups -OCH3 is 1. The highest BCUT2D eigenvalue weighted by Crippen LogP contribution is 2.31. The van der Waals surface area contributed by atoms with E-state index in [1.807, 2.05) is 18.2 Å². The molecule has 0 saturated carbocycles. The summed E-state index contributed by atoms with van der Waals surface area (Å²) < 4.78 is 11.5. The Morgan fingerprint density at radius 3 is 2.78 bits per heavy atom.